The quantitative estimate of drug-likeness (QED) is 0.260. The van der Waals surface area contributed by atoms with Gasteiger partial charge in [0.05, 0.1) is 0 Å². The molecule has 2 amide bonds. The van der Waals surface area contributed by atoms with E-state index in [2.05, 4.69) is 10.6 Å². The lowest BCUT2D eigenvalue weighted by Crippen LogP contribution is -2.48. The highest BCUT2D eigenvalue weighted by Gasteiger charge is 2.20. The summed E-state index contributed by atoms with van der Waals surface area (Å²) in [5.41, 5.74) is 6.40. The number of nitrogens with two attached hydrogens (primary N) is 1. The number of nitrogens with one attached hydrogen (secondary N) is 2. The van der Waals surface area contributed by atoms with Gasteiger partial charge in [0.25, 0.3) is 0 Å². The Balaban J connectivity index is 2.25. The molecule has 1 aromatic carbocycles. The van der Waals surface area contributed by atoms with Crippen molar-refractivity contribution in [2.24, 2.45) is 5.73 Å². The molecule has 176 valence electrons. The Morgan fingerprint density at radius 2 is 1.45 bits per heavy atom. The third-order valence-electron chi connectivity index (χ3n) is 5.44. The number of benzene rings is 1. The van der Waals surface area contributed by atoms with Gasteiger partial charge in [0.15, 0.2) is 0 Å². The first-order chi connectivity index (χ1) is 15.1. The Labute approximate surface area is 188 Å². The van der Waals surface area contributed by atoms with Crippen LogP contribution in [0.5, 0.6) is 5.75 Å². The van der Waals surface area contributed by atoms with Crippen molar-refractivity contribution in [2.45, 2.75) is 96.4 Å². The van der Waals surface area contributed by atoms with Gasteiger partial charge in [0.1, 0.15) is 11.8 Å². The monoisotopic (exact) mass is 433 g/mol. The predicted octanol–water partition coefficient (Wildman–Crippen LogP) is 4.20. The van der Waals surface area contributed by atoms with Crippen LogP contribution >= 0.6 is 0 Å². The smallest absolute Gasteiger partial charge is 0.242 e. The molecule has 0 aliphatic carbocycles. The van der Waals surface area contributed by atoms with Crippen molar-refractivity contribution in [1.82, 2.24) is 10.6 Å². The molecule has 0 aliphatic rings. The Bertz CT molecular complexity index is 605. The molecule has 0 radical (unpaired) electrons. The number of carbonyl (C=O) groups is 2. The van der Waals surface area contributed by atoms with Crippen molar-refractivity contribution in [1.29, 1.82) is 0 Å². The minimum absolute atomic E-state index is 0.107. The summed E-state index contributed by atoms with van der Waals surface area (Å²) in [7, 11) is 0. The maximum absolute atomic E-state index is 12.7. The summed E-state index contributed by atoms with van der Waals surface area (Å²) >= 11 is 0. The first kappa shape index (κ1) is 27.0. The highest BCUT2D eigenvalue weighted by Crippen LogP contribution is 2.12. The summed E-state index contributed by atoms with van der Waals surface area (Å²) < 4.78 is 0. The van der Waals surface area contributed by atoms with Gasteiger partial charge < -0.3 is 21.5 Å². The van der Waals surface area contributed by atoms with Gasteiger partial charge in [-0.3, -0.25) is 9.59 Å². The van der Waals surface area contributed by atoms with E-state index in [1.165, 1.54) is 44.9 Å². The van der Waals surface area contributed by atoms with Crippen LogP contribution < -0.4 is 16.4 Å². The molecular formula is C25H43N3O3. The minimum Gasteiger partial charge on any atom is -0.508 e. The van der Waals surface area contributed by atoms with Gasteiger partial charge in [-0.2, -0.15) is 0 Å². The number of amides is 2. The lowest BCUT2D eigenvalue weighted by Gasteiger charge is -2.19. The molecule has 1 atom stereocenters. The van der Waals surface area contributed by atoms with Crippen molar-refractivity contribution in [3.05, 3.63) is 29.8 Å². The van der Waals surface area contributed by atoms with Crippen LogP contribution in [0.3, 0.4) is 0 Å². The van der Waals surface area contributed by atoms with Gasteiger partial charge in [-0.25, -0.2) is 0 Å². The number of unbranched alkanes of at least 4 members (excludes halogenated alkanes) is 9. The van der Waals surface area contributed by atoms with Gasteiger partial charge in [-0.15, -0.1) is 0 Å². The molecule has 0 spiro atoms. The molecule has 0 aliphatic heterocycles. The predicted molar refractivity (Wildman–Crippen MR) is 127 cm³/mol. The third kappa shape index (κ3) is 13.8. The fourth-order valence-corrected chi connectivity index (χ4v) is 3.59. The van der Waals surface area contributed by atoms with Crippen molar-refractivity contribution >= 4 is 11.8 Å². The van der Waals surface area contributed by atoms with E-state index in [1.807, 2.05) is 6.92 Å². The first-order valence-corrected chi connectivity index (χ1v) is 12.1. The number of phenols is 1. The summed E-state index contributed by atoms with van der Waals surface area (Å²) in [6.07, 6.45) is 13.7. The summed E-state index contributed by atoms with van der Waals surface area (Å²) in [6, 6.07) is 6.15. The molecule has 31 heavy (non-hydrogen) atoms. The average molecular weight is 434 g/mol. The van der Waals surface area contributed by atoms with E-state index in [9.17, 15) is 14.7 Å². The van der Waals surface area contributed by atoms with E-state index in [0.717, 1.165) is 37.8 Å². The Morgan fingerprint density at radius 1 is 0.903 bits per heavy atom. The fourth-order valence-electron chi connectivity index (χ4n) is 3.59. The van der Waals surface area contributed by atoms with Crippen LogP contribution in [0.15, 0.2) is 24.3 Å². The number of hydrogen-bond acceptors (Lipinski definition) is 4. The molecule has 0 saturated carbocycles. The topological polar surface area (TPSA) is 104 Å². The van der Waals surface area contributed by atoms with Crippen LogP contribution in [-0.2, 0) is 16.0 Å². The molecule has 6 nitrogen and oxygen atoms in total. The Morgan fingerprint density at radius 3 is 2.00 bits per heavy atom. The maximum atomic E-state index is 12.7. The number of hydrogen-bond donors (Lipinski definition) is 4. The molecule has 1 rings (SSSR count). The van der Waals surface area contributed by atoms with Crippen molar-refractivity contribution in [3.63, 3.8) is 0 Å². The molecule has 0 heterocycles. The summed E-state index contributed by atoms with van der Waals surface area (Å²) in [6.45, 7) is 3.38. The zero-order valence-corrected chi connectivity index (χ0v) is 19.3. The van der Waals surface area contributed by atoms with E-state index in [-0.39, 0.29) is 17.6 Å². The summed E-state index contributed by atoms with van der Waals surface area (Å²) in [4.78, 5) is 24.7. The molecule has 0 unspecified atom stereocenters. The zero-order chi connectivity index (χ0) is 22.7. The second kappa shape index (κ2) is 17.6. The minimum atomic E-state index is -0.595. The number of rotatable bonds is 18. The van der Waals surface area contributed by atoms with Crippen LogP contribution in [0, 0.1) is 0 Å². The first-order valence-electron chi connectivity index (χ1n) is 12.1. The molecule has 1 aromatic rings. The van der Waals surface area contributed by atoms with Gasteiger partial charge in [-0.1, -0.05) is 70.4 Å². The van der Waals surface area contributed by atoms with E-state index in [1.54, 1.807) is 24.3 Å². The lowest BCUT2D eigenvalue weighted by atomic mass is 10.0. The van der Waals surface area contributed by atoms with Crippen LogP contribution in [0.2, 0.25) is 0 Å². The molecule has 5 N–H and O–H groups in total. The SMILES string of the molecule is CCCC(=O)N[C@H](Cc1ccc(O)cc1)C(=O)NCCCCCCCCCCCCN. The van der Waals surface area contributed by atoms with Gasteiger partial charge in [0.2, 0.25) is 11.8 Å². The molecule has 0 aromatic heterocycles. The standard InChI is InChI=1S/C25H43N3O3/c1-2-13-24(30)28-23(20-21-14-16-22(29)17-15-21)25(31)27-19-12-10-8-6-4-3-5-7-9-11-18-26/h14-17,23,29H,2-13,18-20,26H2,1H3,(H,27,31)(H,28,30)/t23-/m1/s1. The molecule has 6 heteroatoms. The van der Waals surface area contributed by atoms with Gasteiger partial charge in [0, 0.05) is 19.4 Å². The van der Waals surface area contributed by atoms with Crippen molar-refractivity contribution in [3.8, 4) is 5.75 Å². The van der Waals surface area contributed by atoms with E-state index in [0.29, 0.717) is 19.4 Å². The van der Waals surface area contributed by atoms with E-state index in [4.69, 9.17) is 5.73 Å². The van der Waals surface area contributed by atoms with Crippen LogP contribution in [0.1, 0.15) is 89.5 Å². The lowest BCUT2D eigenvalue weighted by molar-refractivity contribution is -0.129. The second-order valence-electron chi connectivity index (χ2n) is 8.36. The number of carbonyl (C=O) groups excluding carboxylic acids is 2. The van der Waals surface area contributed by atoms with Crippen LogP contribution in [0.25, 0.3) is 0 Å². The van der Waals surface area contributed by atoms with Crippen molar-refractivity contribution in [2.75, 3.05) is 13.1 Å². The third-order valence-corrected chi connectivity index (χ3v) is 5.44. The largest absolute Gasteiger partial charge is 0.508 e. The van der Waals surface area contributed by atoms with E-state index < -0.39 is 6.04 Å². The van der Waals surface area contributed by atoms with E-state index >= 15 is 0 Å². The number of aromatic hydroxyl groups is 1. The highest BCUT2D eigenvalue weighted by atomic mass is 16.3. The molecular weight excluding hydrogens is 390 g/mol. The fraction of sp³-hybridized carbons (Fsp3) is 0.680. The second-order valence-corrected chi connectivity index (χ2v) is 8.36. The van der Waals surface area contributed by atoms with Gasteiger partial charge in [-0.05, 0) is 43.5 Å². The highest BCUT2D eigenvalue weighted by molar-refractivity contribution is 5.87. The average Bonchev–Trinajstić information content (AvgIpc) is 2.75. The van der Waals surface area contributed by atoms with Crippen LogP contribution in [0.4, 0.5) is 0 Å². The normalized spacial score (nSPS) is 11.8. The maximum Gasteiger partial charge on any atom is 0.242 e. The Hall–Kier alpha value is -2.08. The Kier molecular flexibility index (Phi) is 15.3. The molecule has 0 saturated heterocycles. The molecule has 0 fully saturated rings. The zero-order valence-electron chi connectivity index (χ0n) is 19.3. The number of phenolic OH excluding ortho intramolecular Hbond substituents is 1. The van der Waals surface area contributed by atoms with Gasteiger partial charge >= 0.3 is 0 Å². The van der Waals surface area contributed by atoms with Crippen molar-refractivity contribution < 1.29 is 14.7 Å². The summed E-state index contributed by atoms with van der Waals surface area (Å²) in [5.74, 6) is -0.0640. The van der Waals surface area contributed by atoms with Crippen LogP contribution in [-0.4, -0.2) is 36.1 Å². The summed E-state index contributed by atoms with van der Waals surface area (Å²) in [5, 5.41) is 15.3. The molecule has 0 bridgehead atoms.